The molecule has 0 saturated heterocycles. The molecule has 0 spiro atoms. The second kappa shape index (κ2) is 8.83. The van der Waals surface area contributed by atoms with E-state index in [1.54, 1.807) is 26.2 Å². The largest absolute Gasteiger partial charge is 0.259 e. The summed E-state index contributed by atoms with van der Waals surface area (Å²) >= 11 is 0. The molecule has 2 aromatic heterocycles. The van der Waals surface area contributed by atoms with E-state index in [1.807, 2.05) is 0 Å². The van der Waals surface area contributed by atoms with Crippen molar-refractivity contribution in [3.8, 4) is 17.4 Å². The molecule has 10 heteroatoms. The average Bonchev–Trinajstić information content (AvgIpc) is 3.35. The number of hydrogen-bond donors (Lipinski definition) is 0. The van der Waals surface area contributed by atoms with Crippen LogP contribution >= 0.6 is 0 Å². The van der Waals surface area contributed by atoms with Crippen molar-refractivity contribution in [2.75, 3.05) is 0 Å². The van der Waals surface area contributed by atoms with Crippen molar-refractivity contribution in [3.05, 3.63) is 99.4 Å². The molecule has 34 heavy (non-hydrogen) atoms. The molecule has 0 saturated carbocycles. The van der Waals surface area contributed by atoms with Crippen LogP contribution in [0.2, 0.25) is 0 Å². The van der Waals surface area contributed by atoms with E-state index in [9.17, 15) is 17.6 Å². The van der Waals surface area contributed by atoms with E-state index in [0.717, 1.165) is 23.3 Å². The van der Waals surface area contributed by atoms with E-state index >= 15 is 0 Å². The predicted octanol–water partition coefficient (Wildman–Crippen LogP) is 5.44. The Balaban J connectivity index is 1.59. The summed E-state index contributed by atoms with van der Waals surface area (Å²) in [4.78, 5) is 2.90. The van der Waals surface area contributed by atoms with E-state index in [4.69, 9.17) is 11.8 Å². The Morgan fingerprint density at radius 3 is 1.85 bits per heavy atom. The molecule has 0 fully saturated rings. The van der Waals surface area contributed by atoms with Crippen molar-refractivity contribution in [3.63, 3.8) is 0 Å². The van der Waals surface area contributed by atoms with Gasteiger partial charge in [-0.1, -0.05) is 0 Å². The third kappa shape index (κ3) is 3.90. The van der Waals surface area contributed by atoms with Crippen molar-refractivity contribution < 1.29 is 17.6 Å². The summed E-state index contributed by atoms with van der Waals surface area (Å²) in [6.07, 6.45) is 4.01. The lowest BCUT2D eigenvalue weighted by Gasteiger charge is -2.05. The van der Waals surface area contributed by atoms with Crippen LogP contribution < -0.4 is 0 Å². The SMILES string of the molecule is [C-]#[N+]c1c(F)ccc(-n2cc(C)c(CCc3nn(-c4ccc(F)c(C#N)c4F)cc3C)n2)c1F. The third-order valence-corrected chi connectivity index (χ3v) is 5.43. The van der Waals surface area contributed by atoms with Crippen LogP contribution in [0.4, 0.5) is 23.2 Å². The van der Waals surface area contributed by atoms with Gasteiger partial charge >= 0.3 is 0 Å². The van der Waals surface area contributed by atoms with Gasteiger partial charge in [0, 0.05) is 12.4 Å². The van der Waals surface area contributed by atoms with E-state index < -0.39 is 34.5 Å². The summed E-state index contributed by atoms with van der Waals surface area (Å²) in [7, 11) is 0. The smallest absolute Gasteiger partial charge is 0.239 e. The van der Waals surface area contributed by atoms with Crippen molar-refractivity contribution in [1.82, 2.24) is 19.6 Å². The first-order valence-corrected chi connectivity index (χ1v) is 10.1. The molecule has 6 nitrogen and oxygen atoms in total. The van der Waals surface area contributed by atoms with E-state index in [1.165, 1.54) is 27.6 Å². The Labute approximate surface area is 192 Å². The van der Waals surface area contributed by atoms with Gasteiger partial charge in [-0.3, -0.25) is 0 Å². The number of aromatic nitrogens is 4. The van der Waals surface area contributed by atoms with Crippen LogP contribution in [0.3, 0.4) is 0 Å². The van der Waals surface area contributed by atoms with E-state index in [-0.39, 0.29) is 11.4 Å². The van der Waals surface area contributed by atoms with Crippen LogP contribution in [0, 0.1) is 55.0 Å². The molecule has 0 aliphatic rings. The van der Waals surface area contributed by atoms with Crippen LogP contribution in [0.15, 0.2) is 36.7 Å². The average molecular weight is 464 g/mol. The van der Waals surface area contributed by atoms with Crippen LogP contribution in [0.25, 0.3) is 16.2 Å². The van der Waals surface area contributed by atoms with Gasteiger partial charge in [0.05, 0.1) is 23.6 Å². The molecule has 0 atom stereocenters. The maximum atomic E-state index is 14.5. The van der Waals surface area contributed by atoms with E-state index in [0.29, 0.717) is 24.2 Å². The number of benzene rings is 2. The molecular weight excluding hydrogens is 448 g/mol. The Morgan fingerprint density at radius 2 is 1.35 bits per heavy atom. The number of nitriles is 1. The molecule has 0 bridgehead atoms. The lowest BCUT2D eigenvalue weighted by molar-refractivity contribution is 0.567. The fraction of sp³-hybridized carbons (Fsp3) is 0.167. The van der Waals surface area contributed by atoms with Crippen LogP contribution in [0.1, 0.15) is 28.1 Å². The summed E-state index contributed by atoms with van der Waals surface area (Å²) < 4.78 is 58.9. The highest BCUT2D eigenvalue weighted by Crippen LogP contribution is 2.28. The second-order valence-corrected chi connectivity index (χ2v) is 7.61. The second-order valence-electron chi connectivity index (χ2n) is 7.61. The van der Waals surface area contributed by atoms with Crippen LogP contribution in [-0.2, 0) is 12.8 Å². The summed E-state index contributed by atoms with van der Waals surface area (Å²) in [5, 5.41) is 17.7. The van der Waals surface area contributed by atoms with Gasteiger partial charge in [0.25, 0.3) is 5.69 Å². The van der Waals surface area contributed by atoms with Gasteiger partial charge in [-0.05, 0) is 62.1 Å². The molecule has 0 aliphatic heterocycles. The van der Waals surface area contributed by atoms with Crippen molar-refractivity contribution >= 4 is 5.69 Å². The number of halogens is 4. The summed E-state index contributed by atoms with van der Waals surface area (Å²) in [6, 6.07) is 5.97. The van der Waals surface area contributed by atoms with E-state index in [2.05, 4.69) is 15.0 Å². The van der Waals surface area contributed by atoms with Crippen LogP contribution in [-0.4, -0.2) is 19.6 Å². The topological polar surface area (TPSA) is 63.8 Å². The summed E-state index contributed by atoms with van der Waals surface area (Å²) in [5.74, 6) is -3.87. The van der Waals surface area contributed by atoms with Gasteiger partial charge in [0.15, 0.2) is 11.6 Å². The first kappa shape index (κ1) is 22.7. The van der Waals surface area contributed by atoms with Gasteiger partial charge in [0.2, 0.25) is 0 Å². The Hall–Kier alpha value is -4.44. The maximum Gasteiger partial charge on any atom is 0.259 e. The molecule has 0 amide bonds. The van der Waals surface area contributed by atoms with Crippen molar-refractivity contribution in [2.45, 2.75) is 26.7 Å². The predicted molar refractivity (Wildman–Crippen MR) is 115 cm³/mol. The van der Waals surface area contributed by atoms with Gasteiger partial charge in [-0.15, -0.1) is 0 Å². The Kier molecular flexibility index (Phi) is 5.91. The molecule has 170 valence electrons. The Bertz CT molecular complexity index is 1390. The third-order valence-electron chi connectivity index (χ3n) is 5.43. The van der Waals surface area contributed by atoms with Gasteiger partial charge in [-0.25, -0.2) is 31.8 Å². The quantitative estimate of drug-likeness (QED) is 0.292. The summed E-state index contributed by atoms with van der Waals surface area (Å²) in [6.45, 7) is 10.6. The fourth-order valence-electron chi connectivity index (χ4n) is 3.60. The first-order chi connectivity index (χ1) is 16.2. The minimum Gasteiger partial charge on any atom is -0.239 e. The minimum absolute atomic E-state index is 0.0395. The molecule has 0 N–H and O–H groups in total. The highest BCUT2D eigenvalue weighted by Gasteiger charge is 2.19. The zero-order valence-corrected chi connectivity index (χ0v) is 18.1. The summed E-state index contributed by atoms with van der Waals surface area (Å²) in [5.41, 5.74) is 1.33. The van der Waals surface area contributed by atoms with Gasteiger partial charge in [0.1, 0.15) is 29.0 Å². The zero-order valence-electron chi connectivity index (χ0n) is 18.1. The molecule has 4 aromatic rings. The zero-order chi connectivity index (χ0) is 24.6. The first-order valence-electron chi connectivity index (χ1n) is 10.1. The molecule has 2 aromatic carbocycles. The molecular formula is C24H16F4N6. The minimum atomic E-state index is -0.994. The standard InChI is InChI=1S/C24H16F4N6/c1-13-11-33(20-8-4-16(25)15(10-29)22(20)27)31-18(13)6-7-19-14(2)12-34(32-19)21-9-5-17(26)24(30-3)23(21)28/h4-5,8-9,11-12H,6-7H2,1-2H3. The molecule has 0 radical (unpaired) electrons. The number of nitrogens with zero attached hydrogens (tertiary/aromatic N) is 6. The normalized spacial score (nSPS) is 10.8. The van der Waals surface area contributed by atoms with Gasteiger partial charge in [-0.2, -0.15) is 15.5 Å². The monoisotopic (exact) mass is 464 g/mol. The number of aryl methyl sites for hydroxylation is 4. The molecule has 0 unspecified atom stereocenters. The Morgan fingerprint density at radius 1 is 0.853 bits per heavy atom. The highest BCUT2D eigenvalue weighted by molar-refractivity contribution is 5.55. The van der Waals surface area contributed by atoms with Crippen molar-refractivity contribution in [1.29, 1.82) is 5.26 Å². The lowest BCUT2D eigenvalue weighted by Crippen LogP contribution is -2.04. The van der Waals surface area contributed by atoms with Crippen LogP contribution in [0.5, 0.6) is 0 Å². The van der Waals surface area contributed by atoms with Gasteiger partial charge < -0.3 is 0 Å². The number of hydrogen-bond acceptors (Lipinski definition) is 3. The van der Waals surface area contributed by atoms with Crippen molar-refractivity contribution in [2.24, 2.45) is 0 Å². The lowest BCUT2D eigenvalue weighted by atomic mass is 10.1. The molecule has 4 rings (SSSR count). The fourth-order valence-corrected chi connectivity index (χ4v) is 3.60. The molecule has 0 aliphatic carbocycles. The maximum absolute atomic E-state index is 14.5. The number of rotatable bonds is 5. The molecule has 2 heterocycles. The highest BCUT2D eigenvalue weighted by atomic mass is 19.1.